The Bertz CT molecular complexity index is 390. The van der Waals surface area contributed by atoms with Gasteiger partial charge in [-0.1, -0.05) is 12.1 Å². The van der Waals surface area contributed by atoms with Crippen LogP contribution >= 0.6 is 0 Å². The minimum absolute atomic E-state index is 0.0421. The summed E-state index contributed by atoms with van der Waals surface area (Å²) in [5, 5.41) is 12.7. The number of phenolic OH excluding ortho intramolecular Hbond substituents is 1. The summed E-state index contributed by atoms with van der Waals surface area (Å²) in [5.41, 5.74) is 1.65. The van der Waals surface area contributed by atoms with E-state index in [1.165, 1.54) is 0 Å². The van der Waals surface area contributed by atoms with Crippen molar-refractivity contribution >= 4 is 0 Å². The standard InChI is InChI=1S/C13H18F3NO/c1-9-4-5-11(12(18)8-9)10(2)17-7-3-6-13(14,15)16/h4-5,8,10,17-18H,3,6-7H2,1-2H3. The van der Waals surface area contributed by atoms with E-state index in [1.54, 1.807) is 12.1 Å². The van der Waals surface area contributed by atoms with Gasteiger partial charge in [0.1, 0.15) is 5.75 Å². The van der Waals surface area contributed by atoms with E-state index in [0.29, 0.717) is 5.56 Å². The average molecular weight is 261 g/mol. The maximum Gasteiger partial charge on any atom is 0.389 e. The van der Waals surface area contributed by atoms with Gasteiger partial charge in [-0.3, -0.25) is 0 Å². The van der Waals surface area contributed by atoms with Crippen molar-refractivity contribution in [3.8, 4) is 5.75 Å². The lowest BCUT2D eigenvalue weighted by Crippen LogP contribution is -2.21. The number of hydrogen-bond donors (Lipinski definition) is 2. The number of hydrogen-bond acceptors (Lipinski definition) is 2. The van der Waals surface area contributed by atoms with Crippen LogP contribution in [0.2, 0.25) is 0 Å². The smallest absolute Gasteiger partial charge is 0.389 e. The highest BCUT2D eigenvalue weighted by molar-refractivity contribution is 5.37. The minimum Gasteiger partial charge on any atom is -0.508 e. The van der Waals surface area contributed by atoms with Crippen LogP contribution in [0.4, 0.5) is 13.2 Å². The Hall–Kier alpha value is -1.23. The molecule has 1 atom stereocenters. The lowest BCUT2D eigenvalue weighted by atomic mass is 10.0. The van der Waals surface area contributed by atoms with E-state index >= 15 is 0 Å². The molecule has 0 fully saturated rings. The molecule has 5 heteroatoms. The Morgan fingerprint density at radius 2 is 2.00 bits per heavy atom. The van der Waals surface area contributed by atoms with Crippen LogP contribution in [0.5, 0.6) is 5.75 Å². The molecule has 0 heterocycles. The fourth-order valence-corrected chi connectivity index (χ4v) is 1.74. The number of halogens is 3. The molecule has 0 aliphatic heterocycles. The van der Waals surface area contributed by atoms with Crippen LogP contribution in [-0.4, -0.2) is 17.8 Å². The Morgan fingerprint density at radius 3 is 2.56 bits per heavy atom. The molecule has 1 rings (SSSR count). The second-order valence-corrected chi connectivity index (χ2v) is 4.46. The third-order valence-electron chi connectivity index (χ3n) is 2.74. The third-order valence-corrected chi connectivity index (χ3v) is 2.74. The summed E-state index contributed by atoms with van der Waals surface area (Å²) in [6, 6.07) is 5.12. The quantitative estimate of drug-likeness (QED) is 0.792. The van der Waals surface area contributed by atoms with Gasteiger partial charge in [0.25, 0.3) is 0 Å². The highest BCUT2D eigenvalue weighted by atomic mass is 19.4. The first kappa shape index (κ1) is 14.8. The summed E-state index contributed by atoms with van der Waals surface area (Å²) >= 11 is 0. The molecule has 2 nitrogen and oxygen atoms in total. The van der Waals surface area contributed by atoms with Crippen molar-refractivity contribution in [2.24, 2.45) is 0 Å². The summed E-state index contributed by atoms with van der Waals surface area (Å²) in [7, 11) is 0. The van der Waals surface area contributed by atoms with Crippen molar-refractivity contribution in [2.75, 3.05) is 6.54 Å². The second kappa shape index (κ2) is 6.09. The van der Waals surface area contributed by atoms with Crippen molar-refractivity contribution in [3.05, 3.63) is 29.3 Å². The number of phenols is 1. The number of aromatic hydroxyl groups is 1. The molecule has 1 aromatic rings. The van der Waals surface area contributed by atoms with Crippen molar-refractivity contribution in [1.82, 2.24) is 5.32 Å². The zero-order chi connectivity index (χ0) is 13.8. The molecule has 0 radical (unpaired) electrons. The van der Waals surface area contributed by atoms with Crippen LogP contribution in [0.3, 0.4) is 0 Å². The molecule has 18 heavy (non-hydrogen) atoms. The van der Waals surface area contributed by atoms with Gasteiger partial charge < -0.3 is 10.4 Å². The van der Waals surface area contributed by atoms with Crippen molar-refractivity contribution in [2.45, 2.75) is 38.9 Å². The van der Waals surface area contributed by atoms with Gasteiger partial charge in [-0.2, -0.15) is 13.2 Å². The number of alkyl halides is 3. The zero-order valence-corrected chi connectivity index (χ0v) is 10.5. The largest absolute Gasteiger partial charge is 0.508 e. The fraction of sp³-hybridized carbons (Fsp3) is 0.538. The van der Waals surface area contributed by atoms with Gasteiger partial charge >= 0.3 is 6.18 Å². The molecule has 0 aromatic heterocycles. The molecule has 0 aliphatic rings. The molecule has 2 N–H and O–H groups in total. The molecule has 1 aromatic carbocycles. The molecule has 0 saturated heterocycles. The van der Waals surface area contributed by atoms with E-state index in [0.717, 1.165) is 5.56 Å². The number of aryl methyl sites for hydroxylation is 1. The molecule has 0 aliphatic carbocycles. The molecule has 0 bridgehead atoms. The van der Waals surface area contributed by atoms with Gasteiger partial charge in [-0.05, 0) is 38.4 Å². The van der Waals surface area contributed by atoms with Crippen molar-refractivity contribution < 1.29 is 18.3 Å². The number of benzene rings is 1. The van der Waals surface area contributed by atoms with E-state index in [1.807, 2.05) is 19.9 Å². The van der Waals surface area contributed by atoms with Crippen LogP contribution in [0.1, 0.15) is 36.9 Å². The van der Waals surface area contributed by atoms with Crippen molar-refractivity contribution in [3.63, 3.8) is 0 Å². The van der Waals surface area contributed by atoms with E-state index in [2.05, 4.69) is 5.32 Å². The molecule has 102 valence electrons. The molecule has 0 amide bonds. The zero-order valence-electron chi connectivity index (χ0n) is 10.5. The van der Waals surface area contributed by atoms with Crippen LogP contribution < -0.4 is 5.32 Å². The molecular formula is C13H18F3NO. The predicted octanol–water partition coefficient (Wildman–Crippen LogP) is 3.69. The van der Waals surface area contributed by atoms with Gasteiger partial charge in [0.05, 0.1) is 0 Å². The van der Waals surface area contributed by atoms with Gasteiger partial charge in [-0.25, -0.2) is 0 Å². The number of nitrogens with one attached hydrogen (secondary N) is 1. The third kappa shape index (κ3) is 4.96. The van der Waals surface area contributed by atoms with E-state index in [9.17, 15) is 18.3 Å². The molecule has 0 spiro atoms. The van der Waals surface area contributed by atoms with Crippen LogP contribution in [-0.2, 0) is 0 Å². The van der Waals surface area contributed by atoms with Crippen molar-refractivity contribution in [1.29, 1.82) is 0 Å². The molecular weight excluding hydrogens is 243 g/mol. The maximum atomic E-state index is 11.9. The average Bonchev–Trinajstić information content (AvgIpc) is 2.22. The first-order valence-corrected chi connectivity index (χ1v) is 5.89. The van der Waals surface area contributed by atoms with Gasteiger partial charge in [0, 0.05) is 18.0 Å². The second-order valence-electron chi connectivity index (χ2n) is 4.46. The Kier molecular flexibility index (Phi) is 5.02. The Morgan fingerprint density at radius 1 is 1.33 bits per heavy atom. The fourth-order valence-electron chi connectivity index (χ4n) is 1.74. The number of rotatable bonds is 5. The van der Waals surface area contributed by atoms with Gasteiger partial charge in [0.2, 0.25) is 0 Å². The Labute approximate surface area is 105 Å². The first-order chi connectivity index (χ1) is 8.29. The molecule has 0 saturated carbocycles. The predicted molar refractivity (Wildman–Crippen MR) is 64.6 cm³/mol. The lowest BCUT2D eigenvalue weighted by Gasteiger charge is -2.16. The SMILES string of the molecule is Cc1ccc(C(C)NCCCC(F)(F)F)c(O)c1. The van der Waals surface area contributed by atoms with E-state index in [4.69, 9.17) is 0 Å². The summed E-state index contributed by atoms with van der Waals surface area (Å²) in [4.78, 5) is 0. The molecule has 1 unspecified atom stereocenters. The highest BCUT2D eigenvalue weighted by Crippen LogP contribution is 2.25. The van der Waals surface area contributed by atoms with E-state index in [-0.39, 0.29) is 24.8 Å². The van der Waals surface area contributed by atoms with Crippen LogP contribution in [0.15, 0.2) is 18.2 Å². The highest BCUT2D eigenvalue weighted by Gasteiger charge is 2.26. The van der Waals surface area contributed by atoms with Crippen LogP contribution in [0, 0.1) is 6.92 Å². The Balaban J connectivity index is 2.43. The van der Waals surface area contributed by atoms with Gasteiger partial charge in [0.15, 0.2) is 0 Å². The van der Waals surface area contributed by atoms with E-state index < -0.39 is 12.6 Å². The minimum atomic E-state index is -4.10. The maximum absolute atomic E-state index is 11.9. The summed E-state index contributed by atoms with van der Waals surface area (Å²) in [6.07, 6.45) is -4.84. The topological polar surface area (TPSA) is 32.3 Å². The normalized spacial score (nSPS) is 13.6. The van der Waals surface area contributed by atoms with Crippen LogP contribution in [0.25, 0.3) is 0 Å². The monoisotopic (exact) mass is 261 g/mol. The summed E-state index contributed by atoms with van der Waals surface area (Å²) in [6.45, 7) is 3.96. The summed E-state index contributed by atoms with van der Waals surface area (Å²) in [5.74, 6) is 0.172. The first-order valence-electron chi connectivity index (χ1n) is 5.89. The van der Waals surface area contributed by atoms with Gasteiger partial charge in [-0.15, -0.1) is 0 Å². The lowest BCUT2D eigenvalue weighted by molar-refractivity contribution is -0.135. The summed E-state index contributed by atoms with van der Waals surface area (Å²) < 4.78 is 35.8.